The van der Waals surface area contributed by atoms with Crippen molar-refractivity contribution < 1.29 is 4.79 Å². The highest BCUT2D eigenvalue weighted by atomic mass is 16.2. The molecule has 0 radical (unpaired) electrons. The molecule has 0 bridgehead atoms. The van der Waals surface area contributed by atoms with Crippen LogP contribution in [-0.2, 0) is 6.42 Å². The van der Waals surface area contributed by atoms with Crippen molar-refractivity contribution in [2.45, 2.75) is 45.4 Å². The summed E-state index contributed by atoms with van der Waals surface area (Å²) in [4.78, 5) is 14.2. The van der Waals surface area contributed by atoms with Gasteiger partial charge in [-0.25, -0.2) is 0 Å². The number of rotatable bonds is 6. The zero-order chi connectivity index (χ0) is 14.2. The molecule has 1 aromatic rings. The Morgan fingerprint density at radius 3 is 2.55 bits per heavy atom. The lowest BCUT2D eigenvalue weighted by atomic mass is 10.0. The number of carbonyl (C=O) groups excluding carboxylic acids is 1. The molecule has 1 aliphatic heterocycles. The van der Waals surface area contributed by atoms with Crippen molar-refractivity contribution in [1.82, 2.24) is 4.90 Å². The third kappa shape index (κ3) is 4.22. The summed E-state index contributed by atoms with van der Waals surface area (Å²) < 4.78 is 0. The van der Waals surface area contributed by atoms with Gasteiger partial charge in [-0.1, -0.05) is 50.5 Å². The van der Waals surface area contributed by atoms with Gasteiger partial charge in [0.25, 0.3) is 5.91 Å². The lowest BCUT2D eigenvalue weighted by Crippen LogP contribution is -2.33. The molecule has 2 heteroatoms. The average Bonchev–Trinajstić information content (AvgIpc) is 2.52. The van der Waals surface area contributed by atoms with Crippen LogP contribution in [0.2, 0.25) is 0 Å². The van der Waals surface area contributed by atoms with E-state index in [1.165, 1.54) is 31.2 Å². The maximum absolute atomic E-state index is 12.3. The van der Waals surface area contributed by atoms with E-state index in [1.54, 1.807) is 0 Å². The Kier molecular flexibility index (Phi) is 5.85. The normalized spacial score (nSPS) is 14.6. The van der Waals surface area contributed by atoms with Crippen LogP contribution >= 0.6 is 0 Å². The number of hydrogen-bond acceptors (Lipinski definition) is 1. The molecule has 20 heavy (non-hydrogen) atoms. The second kappa shape index (κ2) is 7.88. The Morgan fingerprint density at radius 1 is 1.10 bits per heavy atom. The number of benzene rings is 1. The van der Waals surface area contributed by atoms with Crippen molar-refractivity contribution in [3.63, 3.8) is 0 Å². The molecule has 1 aromatic carbocycles. The van der Waals surface area contributed by atoms with Crippen molar-refractivity contribution in [3.8, 4) is 0 Å². The standard InChI is InChI=1S/C18H25NO/c1-2-3-4-6-9-16-10-12-17(13-11-16)18(20)19-14-7-5-8-15-19/h5,7,10-13H,2-4,6,8-9,14-15H2,1H3. The van der Waals surface area contributed by atoms with Crippen LogP contribution in [0.15, 0.2) is 36.4 Å². The van der Waals surface area contributed by atoms with Crippen LogP contribution in [0, 0.1) is 0 Å². The van der Waals surface area contributed by atoms with E-state index in [1.807, 2.05) is 17.0 Å². The van der Waals surface area contributed by atoms with E-state index >= 15 is 0 Å². The van der Waals surface area contributed by atoms with Crippen LogP contribution in [-0.4, -0.2) is 23.9 Å². The van der Waals surface area contributed by atoms with Gasteiger partial charge in [0.15, 0.2) is 0 Å². The van der Waals surface area contributed by atoms with Gasteiger partial charge in [-0.2, -0.15) is 0 Å². The second-order valence-electron chi connectivity index (χ2n) is 5.52. The average molecular weight is 271 g/mol. The first-order valence-corrected chi connectivity index (χ1v) is 7.84. The monoisotopic (exact) mass is 271 g/mol. The van der Waals surface area contributed by atoms with Crippen LogP contribution < -0.4 is 0 Å². The second-order valence-corrected chi connectivity index (χ2v) is 5.52. The topological polar surface area (TPSA) is 20.3 Å². The molecule has 0 atom stereocenters. The van der Waals surface area contributed by atoms with E-state index in [9.17, 15) is 4.79 Å². The van der Waals surface area contributed by atoms with Gasteiger partial charge in [0.2, 0.25) is 0 Å². The number of nitrogens with zero attached hydrogens (tertiary/aromatic N) is 1. The largest absolute Gasteiger partial charge is 0.335 e. The fourth-order valence-electron chi connectivity index (χ4n) is 2.58. The maximum Gasteiger partial charge on any atom is 0.254 e. The molecule has 1 heterocycles. The fraction of sp³-hybridized carbons (Fsp3) is 0.500. The summed E-state index contributed by atoms with van der Waals surface area (Å²) in [5.74, 6) is 0.159. The van der Waals surface area contributed by atoms with E-state index in [0.29, 0.717) is 0 Å². The van der Waals surface area contributed by atoms with Crippen LogP contribution in [0.4, 0.5) is 0 Å². The molecule has 2 rings (SSSR count). The van der Waals surface area contributed by atoms with Crippen LogP contribution in [0.25, 0.3) is 0 Å². The molecule has 0 aliphatic carbocycles. The van der Waals surface area contributed by atoms with Gasteiger partial charge in [0, 0.05) is 18.7 Å². The van der Waals surface area contributed by atoms with Gasteiger partial charge in [-0.3, -0.25) is 4.79 Å². The third-order valence-corrected chi connectivity index (χ3v) is 3.87. The minimum absolute atomic E-state index is 0.159. The minimum Gasteiger partial charge on any atom is -0.335 e. The van der Waals surface area contributed by atoms with Crippen LogP contribution in [0.3, 0.4) is 0 Å². The first kappa shape index (κ1) is 14.8. The number of unbranched alkanes of at least 4 members (excludes halogenated alkanes) is 3. The first-order chi connectivity index (χ1) is 9.81. The van der Waals surface area contributed by atoms with Crippen LogP contribution in [0.1, 0.15) is 54.9 Å². The van der Waals surface area contributed by atoms with E-state index in [4.69, 9.17) is 0 Å². The van der Waals surface area contributed by atoms with E-state index in [2.05, 4.69) is 31.2 Å². The van der Waals surface area contributed by atoms with E-state index < -0.39 is 0 Å². The zero-order valence-corrected chi connectivity index (χ0v) is 12.5. The summed E-state index contributed by atoms with van der Waals surface area (Å²) >= 11 is 0. The molecular formula is C18H25NO. The summed E-state index contributed by atoms with van der Waals surface area (Å²) in [5.41, 5.74) is 2.16. The lowest BCUT2D eigenvalue weighted by Gasteiger charge is -2.23. The van der Waals surface area contributed by atoms with Crippen LogP contribution in [0.5, 0.6) is 0 Å². The zero-order valence-electron chi connectivity index (χ0n) is 12.5. The number of carbonyl (C=O) groups is 1. The first-order valence-electron chi connectivity index (χ1n) is 7.84. The Morgan fingerprint density at radius 2 is 1.90 bits per heavy atom. The highest BCUT2D eigenvalue weighted by Gasteiger charge is 2.15. The lowest BCUT2D eigenvalue weighted by molar-refractivity contribution is 0.0771. The van der Waals surface area contributed by atoms with Crippen molar-refractivity contribution in [2.75, 3.05) is 13.1 Å². The highest BCUT2D eigenvalue weighted by molar-refractivity contribution is 5.94. The summed E-state index contributed by atoms with van der Waals surface area (Å²) in [5, 5.41) is 0. The van der Waals surface area contributed by atoms with Gasteiger partial charge in [-0.15, -0.1) is 0 Å². The summed E-state index contributed by atoms with van der Waals surface area (Å²) in [6.07, 6.45) is 11.5. The summed E-state index contributed by atoms with van der Waals surface area (Å²) in [7, 11) is 0. The quantitative estimate of drug-likeness (QED) is 0.560. The SMILES string of the molecule is CCCCCCc1ccc(C(=O)N2CC=CCC2)cc1. The highest BCUT2D eigenvalue weighted by Crippen LogP contribution is 2.13. The minimum atomic E-state index is 0.159. The number of hydrogen-bond donors (Lipinski definition) is 0. The number of amides is 1. The Balaban J connectivity index is 1.87. The molecule has 1 aliphatic rings. The molecule has 0 fully saturated rings. The summed E-state index contributed by atoms with van der Waals surface area (Å²) in [6.45, 7) is 3.82. The van der Waals surface area contributed by atoms with Crippen molar-refractivity contribution >= 4 is 5.91 Å². The number of aryl methyl sites for hydroxylation is 1. The molecule has 0 saturated carbocycles. The molecule has 1 amide bonds. The Labute approximate surface area is 122 Å². The van der Waals surface area contributed by atoms with Gasteiger partial charge >= 0.3 is 0 Å². The van der Waals surface area contributed by atoms with E-state index in [0.717, 1.165) is 31.5 Å². The van der Waals surface area contributed by atoms with Crippen molar-refractivity contribution in [1.29, 1.82) is 0 Å². The predicted octanol–water partition coefficient (Wildman–Crippen LogP) is 4.21. The Hall–Kier alpha value is -1.57. The Bertz CT molecular complexity index is 447. The van der Waals surface area contributed by atoms with Crippen molar-refractivity contribution in [3.05, 3.63) is 47.5 Å². The molecule has 108 valence electrons. The van der Waals surface area contributed by atoms with Gasteiger partial charge in [-0.05, 0) is 37.0 Å². The molecule has 0 saturated heterocycles. The van der Waals surface area contributed by atoms with Gasteiger partial charge in [0.1, 0.15) is 0 Å². The third-order valence-electron chi connectivity index (χ3n) is 3.87. The summed E-state index contributed by atoms with van der Waals surface area (Å²) in [6, 6.07) is 8.18. The van der Waals surface area contributed by atoms with Crippen molar-refractivity contribution in [2.24, 2.45) is 0 Å². The van der Waals surface area contributed by atoms with Gasteiger partial charge < -0.3 is 4.90 Å². The molecular weight excluding hydrogens is 246 g/mol. The molecule has 0 spiro atoms. The van der Waals surface area contributed by atoms with Gasteiger partial charge in [0.05, 0.1) is 0 Å². The smallest absolute Gasteiger partial charge is 0.254 e. The predicted molar refractivity (Wildman–Crippen MR) is 83.9 cm³/mol. The molecule has 2 nitrogen and oxygen atoms in total. The molecule has 0 unspecified atom stereocenters. The molecule has 0 aromatic heterocycles. The maximum atomic E-state index is 12.3. The fourth-order valence-corrected chi connectivity index (χ4v) is 2.58. The van der Waals surface area contributed by atoms with E-state index in [-0.39, 0.29) is 5.91 Å². The molecule has 0 N–H and O–H groups in total.